The summed E-state index contributed by atoms with van der Waals surface area (Å²) in [7, 11) is 0. The summed E-state index contributed by atoms with van der Waals surface area (Å²) in [5.74, 6) is 1.03. The van der Waals surface area contributed by atoms with E-state index in [0.29, 0.717) is 41.9 Å². The molecule has 0 aromatic carbocycles. The normalized spacial score (nSPS) is 45.4. The molecule has 0 aliphatic heterocycles. The Morgan fingerprint density at radius 2 is 1.63 bits per heavy atom. The lowest BCUT2D eigenvalue weighted by atomic mass is 9.43. The molecule has 7 heteroatoms. The molecule has 0 aromatic heterocycles. The Kier molecular flexibility index (Phi) is 7.63. The zero-order valence-electron chi connectivity index (χ0n) is 21.9. The van der Waals surface area contributed by atoms with Crippen molar-refractivity contribution in [2.45, 2.75) is 116 Å². The summed E-state index contributed by atoms with van der Waals surface area (Å²) in [6, 6.07) is -1.28. The Bertz CT molecular complexity index is 802. The minimum absolute atomic E-state index is 0.151. The summed E-state index contributed by atoms with van der Waals surface area (Å²) in [4.78, 5) is 23.7. The molecule has 0 spiro atoms. The fraction of sp³-hybridized carbons (Fsp3) is 0.929. The van der Waals surface area contributed by atoms with Gasteiger partial charge >= 0.3 is 5.97 Å². The van der Waals surface area contributed by atoms with E-state index in [1.807, 2.05) is 0 Å². The van der Waals surface area contributed by atoms with Crippen LogP contribution in [0.5, 0.6) is 0 Å². The van der Waals surface area contributed by atoms with E-state index in [2.05, 4.69) is 26.1 Å². The van der Waals surface area contributed by atoms with Gasteiger partial charge in [-0.3, -0.25) is 4.79 Å². The summed E-state index contributed by atoms with van der Waals surface area (Å²) < 4.78 is 0. The monoisotopic (exact) mass is 493 g/mol. The number of hydrogen-bond donors (Lipinski definition) is 5. The average molecular weight is 494 g/mol. The second kappa shape index (κ2) is 9.94. The van der Waals surface area contributed by atoms with Gasteiger partial charge in [0.25, 0.3) is 0 Å². The van der Waals surface area contributed by atoms with Crippen LogP contribution in [0.2, 0.25) is 0 Å². The van der Waals surface area contributed by atoms with Gasteiger partial charge in [0.05, 0.1) is 18.3 Å². The zero-order chi connectivity index (χ0) is 25.7. The number of aliphatic carboxylic acids is 1. The van der Waals surface area contributed by atoms with Gasteiger partial charge in [0.1, 0.15) is 0 Å². The van der Waals surface area contributed by atoms with E-state index in [-0.39, 0.29) is 35.4 Å². The lowest BCUT2D eigenvalue weighted by molar-refractivity contribution is -0.174. The maximum absolute atomic E-state index is 12.4. The van der Waals surface area contributed by atoms with Crippen LogP contribution in [-0.2, 0) is 9.59 Å². The Labute approximate surface area is 210 Å². The molecule has 5 N–H and O–H groups in total. The highest BCUT2D eigenvalue weighted by Gasteiger charge is 2.62. The molecule has 4 rings (SSSR count). The van der Waals surface area contributed by atoms with Gasteiger partial charge in [-0.05, 0) is 111 Å². The largest absolute Gasteiger partial charge is 0.480 e. The van der Waals surface area contributed by atoms with Crippen LogP contribution >= 0.6 is 0 Å². The number of nitrogens with one attached hydrogen (secondary N) is 1. The highest BCUT2D eigenvalue weighted by atomic mass is 16.4. The second-order valence-electron chi connectivity index (χ2n) is 13.1. The Morgan fingerprint density at radius 1 is 0.971 bits per heavy atom. The molecule has 12 atom stereocenters. The first kappa shape index (κ1) is 26.9. The molecule has 4 aliphatic carbocycles. The van der Waals surface area contributed by atoms with Crippen LogP contribution in [0.4, 0.5) is 0 Å². The molecule has 4 aliphatic rings. The third-order valence-electron chi connectivity index (χ3n) is 11.3. The van der Waals surface area contributed by atoms with Gasteiger partial charge < -0.3 is 25.7 Å². The predicted octanol–water partition coefficient (Wildman–Crippen LogP) is 3.34. The fourth-order valence-corrected chi connectivity index (χ4v) is 9.37. The highest BCUT2D eigenvalue weighted by molar-refractivity contribution is 5.83. The van der Waals surface area contributed by atoms with Crippen molar-refractivity contribution in [3.63, 3.8) is 0 Å². The van der Waals surface area contributed by atoms with E-state index in [0.717, 1.165) is 51.4 Å². The van der Waals surface area contributed by atoms with E-state index >= 15 is 0 Å². The fourth-order valence-electron chi connectivity index (χ4n) is 9.37. The predicted molar refractivity (Wildman–Crippen MR) is 132 cm³/mol. The minimum Gasteiger partial charge on any atom is -0.480 e. The number of carboxylic acid groups (broad SMARTS) is 1. The number of hydrogen-bond acceptors (Lipinski definition) is 5. The molecule has 0 radical (unpaired) electrons. The van der Waals surface area contributed by atoms with Crippen LogP contribution in [0.1, 0.15) is 91.9 Å². The van der Waals surface area contributed by atoms with Gasteiger partial charge in [0.15, 0.2) is 6.04 Å². The summed E-state index contributed by atoms with van der Waals surface area (Å²) in [6.07, 6.45) is 7.42. The van der Waals surface area contributed by atoms with Crippen molar-refractivity contribution in [1.29, 1.82) is 0 Å². The molecular formula is C28H47NO6. The van der Waals surface area contributed by atoms with Gasteiger partial charge in [-0.25, -0.2) is 4.79 Å². The van der Waals surface area contributed by atoms with Crippen molar-refractivity contribution in [3.8, 4) is 0 Å². The Hall–Kier alpha value is -1.18. The van der Waals surface area contributed by atoms with Crippen LogP contribution in [-0.4, -0.2) is 56.7 Å². The number of rotatable bonds is 7. The molecule has 0 aromatic rings. The van der Waals surface area contributed by atoms with Gasteiger partial charge in [0.2, 0.25) is 5.91 Å². The van der Waals surface area contributed by atoms with Crippen molar-refractivity contribution in [2.24, 2.45) is 46.3 Å². The lowest BCUT2D eigenvalue weighted by Gasteiger charge is -2.62. The molecular weight excluding hydrogens is 446 g/mol. The third-order valence-corrected chi connectivity index (χ3v) is 11.3. The smallest absolute Gasteiger partial charge is 0.328 e. The SMILES string of the molecule is C[C@H](CCC(=O)N[C@H](C(=O)O)[C@@H](C)O)[C@H]1CC[C@H]2[C@@H]3[C@H](O)C[C@@H]4C[C@H](O)CC[C@]4(C)[C@H]3CC[C@]12C. The lowest BCUT2D eigenvalue weighted by Crippen LogP contribution is -2.58. The molecule has 0 heterocycles. The highest BCUT2D eigenvalue weighted by Crippen LogP contribution is 2.68. The average Bonchev–Trinajstić information content (AvgIpc) is 3.13. The molecule has 0 saturated heterocycles. The van der Waals surface area contributed by atoms with Crippen molar-refractivity contribution in [1.82, 2.24) is 5.32 Å². The number of carboxylic acids is 1. The summed E-state index contributed by atoms with van der Waals surface area (Å²) in [5.41, 5.74) is 0.370. The Balaban J connectivity index is 1.41. The number of amides is 1. The standard InChI is InChI=1S/C28H47NO6/c1-15(5-8-23(33)29-25(16(2)30)26(34)35)19-6-7-20-24-21(10-12-28(19,20)4)27(3)11-9-18(31)13-17(27)14-22(24)32/h15-22,24-25,30-32H,5-14H2,1-4H3,(H,29,33)(H,34,35)/t15-,16-,17+,18-,19-,20+,21+,22-,24+,25+,27+,28-/m1/s1. The van der Waals surface area contributed by atoms with Crippen molar-refractivity contribution in [2.75, 3.05) is 0 Å². The molecule has 4 fully saturated rings. The topological polar surface area (TPSA) is 127 Å². The quantitative estimate of drug-likeness (QED) is 0.370. The summed E-state index contributed by atoms with van der Waals surface area (Å²) >= 11 is 0. The summed E-state index contributed by atoms with van der Waals surface area (Å²) in [5, 5.41) is 43.0. The first-order chi connectivity index (χ1) is 16.4. The number of aliphatic hydroxyl groups excluding tert-OH is 3. The maximum atomic E-state index is 12.4. The number of carbonyl (C=O) groups excluding carboxylic acids is 1. The van der Waals surface area contributed by atoms with Gasteiger partial charge in [-0.15, -0.1) is 0 Å². The van der Waals surface area contributed by atoms with Gasteiger partial charge in [-0.1, -0.05) is 20.8 Å². The van der Waals surface area contributed by atoms with E-state index < -0.39 is 18.1 Å². The van der Waals surface area contributed by atoms with E-state index in [1.54, 1.807) is 0 Å². The Morgan fingerprint density at radius 3 is 2.29 bits per heavy atom. The van der Waals surface area contributed by atoms with Crippen LogP contribution < -0.4 is 5.32 Å². The maximum Gasteiger partial charge on any atom is 0.328 e. The molecule has 0 bridgehead atoms. The van der Waals surface area contributed by atoms with Crippen molar-refractivity contribution >= 4 is 11.9 Å². The summed E-state index contributed by atoms with van der Waals surface area (Å²) in [6.45, 7) is 8.44. The number of carbonyl (C=O) groups is 2. The molecule has 4 saturated carbocycles. The van der Waals surface area contributed by atoms with E-state index in [1.165, 1.54) is 6.92 Å². The minimum atomic E-state index is -1.28. The molecule has 35 heavy (non-hydrogen) atoms. The van der Waals surface area contributed by atoms with Crippen LogP contribution in [0.3, 0.4) is 0 Å². The molecule has 200 valence electrons. The molecule has 7 nitrogen and oxygen atoms in total. The van der Waals surface area contributed by atoms with E-state index in [9.17, 15) is 30.0 Å². The van der Waals surface area contributed by atoms with Crippen LogP contribution in [0, 0.1) is 46.3 Å². The van der Waals surface area contributed by atoms with E-state index in [4.69, 9.17) is 0 Å². The zero-order valence-corrected chi connectivity index (χ0v) is 21.9. The van der Waals surface area contributed by atoms with Crippen molar-refractivity contribution < 1.29 is 30.0 Å². The van der Waals surface area contributed by atoms with Gasteiger partial charge in [0, 0.05) is 6.42 Å². The van der Waals surface area contributed by atoms with Crippen LogP contribution in [0.25, 0.3) is 0 Å². The first-order valence-corrected chi connectivity index (χ1v) is 13.9. The first-order valence-electron chi connectivity index (χ1n) is 13.9. The number of aliphatic hydroxyl groups is 3. The molecule has 0 unspecified atom stereocenters. The van der Waals surface area contributed by atoms with Crippen molar-refractivity contribution in [3.05, 3.63) is 0 Å². The molecule has 1 amide bonds. The third kappa shape index (κ3) is 4.77. The second-order valence-corrected chi connectivity index (χ2v) is 13.1. The number of fused-ring (bicyclic) bond motifs is 5. The van der Waals surface area contributed by atoms with Gasteiger partial charge in [-0.2, -0.15) is 0 Å². The van der Waals surface area contributed by atoms with Crippen LogP contribution in [0.15, 0.2) is 0 Å².